The Hall–Kier alpha value is -1.55. The van der Waals surface area contributed by atoms with E-state index >= 15 is 0 Å². The van der Waals surface area contributed by atoms with Crippen molar-refractivity contribution in [3.05, 3.63) is 29.8 Å². The zero-order chi connectivity index (χ0) is 15.2. The van der Waals surface area contributed by atoms with E-state index in [0.29, 0.717) is 13.0 Å². The van der Waals surface area contributed by atoms with Crippen LogP contribution in [0.1, 0.15) is 37.7 Å². The van der Waals surface area contributed by atoms with E-state index < -0.39 is 0 Å². The number of nitrogens with zero attached hydrogens (tertiary/aromatic N) is 1. The quantitative estimate of drug-likeness (QED) is 0.809. The highest BCUT2D eigenvalue weighted by Crippen LogP contribution is 2.26. The zero-order valence-corrected chi connectivity index (χ0v) is 13.2. The van der Waals surface area contributed by atoms with E-state index in [4.69, 9.17) is 9.47 Å². The Kier molecular flexibility index (Phi) is 5.62. The van der Waals surface area contributed by atoms with Crippen molar-refractivity contribution in [1.82, 2.24) is 4.90 Å². The molecular formula is C17H25NO3. The van der Waals surface area contributed by atoms with Crippen LogP contribution in [0.4, 0.5) is 0 Å². The Labute approximate surface area is 127 Å². The van der Waals surface area contributed by atoms with Gasteiger partial charge in [-0.15, -0.1) is 0 Å². The van der Waals surface area contributed by atoms with Gasteiger partial charge in [0.25, 0.3) is 0 Å². The van der Waals surface area contributed by atoms with Crippen LogP contribution in [0.2, 0.25) is 0 Å². The summed E-state index contributed by atoms with van der Waals surface area (Å²) in [5, 5.41) is 0. The number of rotatable bonds is 6. The van der Waals surface area contributed by atoms with Gasteiger partial charge in [0, 0.05) is 20.1 Å². The van der Waals surface area contributed by atoms with Crippen molar-refractivity contribution in [3.63, 3.8) is 0 Å². The van der Waals surface area contributed by atoms with Gasteiger partial charge in [0.2, 0.25) is 5.91 Å². The van der Waals surface area contributed by atoms with E-state index in [2.05, 4.69) is 13.0 Å². The number of likely N-dealkylation sites (tertiary alicyclic amines) is 1. The summed E-state index contributed by atoms with van der Waals surface area (Å²) >= 11 is 0. The van der Waals surface area contributed by atoms with E-state index in [1.54, 1.807) is 14.2 Å². The molecule has 4 heteroatoms. The molecule has 1 aromatic carbocycles. The molecule has 0 spiro atoms. The molecule has 0 aliphatic carbocycles. The molecule has 0 radical (unpaired) electrons. The second-order valence-electron chi connectivity index (χ2n) is 5.72. The topological polar surface area (TPSA) is 38.8 Å². The number of amides is 1. The standard InChI is InChI=1S/C17H25NO3/c1-13(14-6-4-8-16(11-14)21-3)10-17(19)18-9-5-7-15(18)12-20-2/h4,6,8,11,13,15H,5,7,9-10,12H2,1-3H3/t13-,15+/m0/s1. The number of methoxy groups -OCH3 is 2. The van der Waals surface area contributed by atoms with Crippen molar-refractivity contribution in [2.24, 2.45) is 0 Å². The molecule has 2 atom stereocenters. The average molecular weight is 291 g/mol. The molecule has 1 fully saturated rings. The highest BCUT2D eigenvalue weighted by Gasteiger charge is 2.29. The van der Waals surface area contributed by atoms with Gasteiger partial charge in [-0.1, -0.05) is 19.1 Å². The van der Waals surface area contributed by atoms with E-state index in [0.717, 1.165) is 30.7 Å². The largest absolute Gasteiger partial charge is 0.497 e. The zero-order valence-electron chi connectivity index (χ0n) is 13.2. The van der Waals surface area contributed by atoms with Gasteiger partial charge in [0.1, 0.15) is 5.75 Å². The maximum Gasteiger partial charge on any atom is 0.223 e. The summed E-state index contributed by atoms with van der Waals surface area (Å²) in [6, 6.07) is 8.21. The summed E-state index contributed by atoms with van der Waals surface area (Å²) in [6.45, 7) is 3.59. The molecule has 1 aromatic rings. The van der Waals surface area contributed by atoms with Gasteiger partial charge in [-0.2, -0.15) is 0 Å². The van der Waals surface area contributed by atoms with Gasteiger partial charge in [0.15, 0.2) is 0 Å². The van der Waals surface area contributed by atoms with Crippen LogP contribution < -0.4 is 4.74 Å². The first-order valence-electron chi connectivity index (χ1n) is 7.58. The number of ether oxygens (including phenoxy) is 2. The third-order valence-corrected chi connectivity index (χ3v) is 4.20. The first-order valence-corrected chi connectivity index (χ1v) is 7.58. The van der Waals surface area contributed by atoms with Gasteiger partial charge in [0.05, 0.1) is 19.8 Å². The molecule has 1 amide bonds. The van der Waals surface area contributed by atoms with Crippen molar-refractivity contribution in [2.75, 3.05) is 27.4 Å². The van der Waals surface area contributed by atoms with Crippen LogP contribution in [0.5, 0.6) is 5.75 Å². The molecular weight excluding hydrogens is 266 g/mol. The van der Waals surface area contributed by atoms with E-state index in [9.17, 15) is 4.79 Å². The Morgan fingerprint density at radius 1 is 1.43 bits per heavy atom. The van der Waals surface area contributed by atoms with Gasteiger partial charge in [-0.25, -0.2) is 0 Å². The predicted octanol–water partition coefficient (Wildman–Crippen LogP) is 2.83. The minimum Gasteiger partial charge on any atom is -0.497 e. The maximum absolute atomic E-state index is 12.5. The summed E-state index contributed by atoms with van der Waals surface area (Å²) in [5.41, 5.74) is 1.14. The lowest BCUT2D eigenvalue weighted by Crippen LogP contribution is -2.38. The SMILES string of the molecule is COC[C@H]1CCCN1C(=O)C[C@H](C)c1cccc(OC)c1. The molecule has 1 heterocycles. The minimum absolute atomic E-state index is 0.191. The molecule has 4 nitrogen and oxygen atoms in total. The average Bonchev–Trinajstić information content (AvgIpc) is 2.96. The molecule has 21 heavy (non-hydrogen) atoms. The van der Waals surface area contributed by atoms with Crippen molar-refractivity contribution < 1.29 is 14.3 Å². The lowest BCUT2D eigenvalue weighted by atomic mass is 9.97. The van der Waals surface area contributed by atoms with Gasteiger partial charge in [-0.05, 0) is 36.5 Å². The number of carbonyl (C=O) groups is 1. The van der Waals surface area contributed by atoms with Crippen molar-refractivity contribution in [3.8, 4) is 5.75 Å². The second-order valence-corrected chi connectivity index (χ2v) is 5.72. The Bertz CT molecular complexity index is 475. The molecule has 0 unspecified atom stereocenters. The fraction of sp³-hybridized carbons (Fsp3) is 0.588. The smallest absolute Gasteiger partial charge is 0.223 e. The van der Waals surface area contributed by atoms with Gasteiger partial charge >= 0.3 is 0 Å². The van der Waals surface area contributed by atoms with Crippen LogP contribution in [0.3, 0.4) is 0 Å². The second kappa shape index (κ2) is 7.46. The van der Waals surface area contributed by atoms with Crippen LogP contribution in [-0.4, -0.2) is 44.2 Å². The van der Waals surface area contributed by atoms with Crippen molar-refractivity contribution >= 4 is 5.91 Å². The Morgan fingerprint density at radius 2 is 2.24 bits per heavy atom. The minimum atomic E-state index is 0.191. The van der Waals surface area contributed by atoms with Crippen LogP contribution >= 0.6 is 0 Å². The number of benzene rings is 1. The number of carbonyl (C=O) groups excluding carboxylic acids is 1. The third kappa shape index (κ3) is 3.97. The number of hydrogen-bond acceptors (Lipinski definition) is 3. The van der Waals surface area contributed by atoms with Crippen molar-refractivity contribution in [1.29, 1.82) is 0 Å². The Balaban J connectivity index is 1.98. The van der Waals surface area contributed by atoms with Gasteiger partial charge in [-0.3, -0.25) is 4.79 Å². The van der Waals surface area contributed by atoms with Gasteiger partial charge < -0.3 is 14.4 Å². The summed E-state index contributed by atoms with van der Waals surface area (Å²) < 4.78 is 10.5. The third-order valence-electron chi connectivity index (χ3n) is 4.20. The molecule has 0 N–H and O–H groups in total. The molecule has 1 saturated heterocycles. The Morgan fingerprint density at radius 3 is 2.95 bits per heavy atom. The first-order chi connectivity index (χ1) is 10.2. The maximum atomic E-state index is 12.5. The monoisotopic (exact) mass is 291 g/mol. The predicted molar refractivity (Wildman–Crippen MR) is 82.6 cm³/mol. The van der Waals surface area contributed by atoms with Crippen LogP contribution in [0.25, 0.3) is 0 Å². The summed E-state index contributed by atoms with van der Waals surface area (Å²) in [5.74, 6) is 1.26. The molecule has 116 valence electrons. The molecule has 0 aromatic heterocycles. The normalized spacial score (nSPS) is 19.6. The molecule has 1 aliphatic rings. The molecule has 2 rings (SSSR count). The van der Waals surface area contributed by atoms with Crippen molar-refractivity contribution in [2.45, 2.75) is 38.1 Å². The van der Waals surface area contributed by atoms with Crippen LogP contribution in [0.15, 0.2) is 24.3 Å². The van der Waals surface area contributed by atoms with E-state index in [1.807, 2.05) is 23.1 Å². The molecule has 0 saturated carbocycles. The summed E-state index contributed by atoms with van der Waals surface area (Å²) in [7, 11) is 3.36. The van der Waals surface area contributed by atoms with E-state index in [-0.39, 0.29) is 17.9 Å². The van der Waals surface area contributed by atoms with Crippen LogP contribution in [0, 0.1) is 0 Å². The number of hydrogen-bond donors (Lipinski definition) is 0. The lowest BCUT2D eigenvalue weighted by Gasteiger charge is -2.25. The summed E-state index contributed by atoms with van der Waals surface area (Å²) in [4.78, 5) is 14.5. The lowest BCUT2D eigenvalue weighted by molar-refractivity contribution is -0.133. The highest BCUT2D eigenvalue weighted by molar-refractivity contribution is 5.77. The first kappa shape index (κ1) is 15.8. The molecule has 1 aliphatic heterocycles. The summed E-state index contributed by atoms with van der Waals surface area (Å²) in [6.07, 6.45) is 2.66. The fourth-order valence-corrected chi connectivity index (χ4v) is 2.97. The van der Waals surface area contributed by atoms with Crippen LogP contribution in [-0.2, 0) is 9.53 Å². The molecule has 0 bridgehead atoms. The fourth-order valence-electron chi connectivity index (χ4n) is 2.97. The highest BCUT2D eigenvalue weighted by atomic mass is 16.5. The van der Waals surface area contributed by atoms with E-state index in [1.165, 1.54) is 0 Å².